The zero-order valence-electron chi connectivity index (χ0n) is 8.34. The van der Waals surface area contributed by atoms with Crippen LogP contribution >= 0.6 is 0 Å². The number of hydrogen-bond acceptors (Lipinski definition) is 3. The highest BCUT2D eigenvalue weighted by atomic mass is 16.7. The third kappa shape index (κ3) is 3.09. The molecule has 0 aromatic carbocycles. The normalized spacial score (nSPS) is 22.0. The summed E-state index contributed by atoms with van der Waals surface area (Å²) in [5.74, 6) is 0. The zero-order chi connectivity index (χ0) is 8.97. The summed E-state index contributed by atoms with van der Waals surface area (Å²) in [7, 11) is 2.03. The first-order valence-corrected chi connectivity index (χ1v) is 4.81. The Hall–Kier alpha value is -0.120. The van der Waals surface area contributed by atoms with Crippen LogP contribution in [-0.2, 0) is 4.84 Å². The molecule has 0 aromatic heterocycles. The molecule has 1 aliphatic heterocycles. The number of piperidine rings is 1. The lowest BCUT2D eigenvalue weighted by Gasteiger charge is -2.31. The van der Waals surface area contributed by atoms with Gasteiger partial charge in [0.15, 0.2) is 0 Å². The lowest BCUT2D eigenvalue weighted by Crippen LogP contribution is -2.42. The molecule has 1 rings (SSSR count). The van der Waals surface area contributed by atoms with Gasteiger partial charge in [0.25, 0.3) is 0 Å². The van der Waals surface area contributed by atoms with Gasteiger partial charge in [-0.15, -0.1) is 0 Å². The minimum atomic E-state index is 0.316. The van der Waals surface area contributed by atoms with Crippen molar-refractivity contribution in [1.82, 2.24) is 10.4 Å². The Kier molecular flexibility index (Phi) is 3.98. The smallest absolute Gasteiger partial charge is 0.0737 e. The highest BCUT2D eigenvalue weighted by molar-refractivity contribution is 4.72. The van der Waals surface area contributed by atoms with E-state index in [4.69, 9.17) is 4.84 Å². The third-order valence-electron chi connectivity index (χ3n) is 2.22. The highest BCUT2D eigenvalue weighted by Gasteiger charge is 2.18. The fourth-order valence-electron chi connectivity index (χ4n) is 1.55. The van der Waals surface area contributed by atoms with Crippen LogP contribution in [0.2, 0.25) is 0 Å². The molecule has 0 aliphatic carbocycles. The van der Waals surface area contributed by atoms with E-state index < -0.39 is 0 Å². The molecule has 0 atom stereocenters. The van der Waals surface area contributed by atoms with Crippen molar-refractivity contribution < 1.29 is 4.84 Å². The Balaban J connectivity index is 2.17. The van der Waals surface area contributed by atoms with E-state index >= 15 is 0 Å². The second kappa shape index (κ2) is 4.80. The van der Waals surface area contributed by atoms with E-state index in [0.717, 1.165) is 13.1 Å². The Labute approximate surface area is 75.0 Å². The zero-order valence-corrected chi connectivity index (χ0v) is 8.34. The molecule has 0 radical (unpaired) electrons. The van der Waals surface area contributed by atoms with Crippen LogP contribution in [0, 0.1) is 0 Å². The predicted molar refractivity (Wildman–Crippen MR) is 49.9 cm³/mol. The standard InChI is InChI=1S/C9H20N2O/c1-8(2)12-11-6-4-9(10-3)5-7-11/h8-10H,4-7H2,1-3H3. The van der Waals surface area contributed by atoms with Gasteiger partial charge in [0.1, 0.15) is 0 Å². The molecule has 1 N–H and O–H groups in total. The van der Waals surface area contributed by atoms with Gasteiger partial charge in [0.05, 0.1) is 6.10 Å². The Morgan fingerprint density at radius 2 is 1.92 bits per heavy atom. The van der Waals surface area contributed by atoms with Crippen molar-refractivity contribution in [1.29, 1.82) is 0 Å². The molecule has 3 heteroatoms. The van der Waals surface area contributed by atoms with Gasteiger partial charge in [-0.2, -0.15) is 5.06 Å². The molecule has 1 aliphatic rings. The molecular weight excluding hydrogens is 152 g/mol. The van der Waals surface area contributed by atoms with Gasteiger partial charge in [0.2, 0.25) is 0 Å². The summed E-state index contributed by atoms with van der Waals surface area (Å²) >= 11 is 0. The first-order valence-electron chi connectivity index (χ1n) is 4.81. The number of hydrogen-bond donors (Lipinski definition) is 1. The van der Waals surface area contributed by atoms with Gasteiger partial charge in [-0.05, 0) is 33.7 Å². The average molecular weight is 172 g/mol. The second-order valence-electron chi connectivity index (χ2n) is 3.65. The van der Waals surface area contributed by atoms with Gasteiger partial charge >= 0.3 is 0 Å². The molecule has 1 saturated heterocycles. The summed E-state index contributed by atoms with van der Waals surface area (Å²) in [5.41, 5.74) is 0. The van der Waals surface area contributed by atoms with Crippen LogP contribution in [0.5, 0.6) is 0 Å². The SMILES string of the molecule is CNC1CCN(OC(C)C)CC1. The first-order chi connectivity index (χ1) is 5.72. The van der Waals surface area contributed by atoms with Crippen LogP contribution < -0.4 is 5.32 Å². The highest BCUT2D eigenvalue weighted by Crippen LogP contribution is 2.11. The van der Waals surface area contributed by atoms with E-state index in [1.54, 1.807) is 0 Å². The van der Waals surface area contributed by atoms with Crippen molar-refractivity contribution >= 4 is 0 Å². The molecule has 72 valence electrons. The number of hydroxylamine groups is 2. The monoisotopic (exact) mass is 172 g/mol. The van der Waals surface area contributed by atoms with E-state index in [2.05, 4.69) is 24.2 Å². The van der Waals surface area contributed by atoms with Crippen LogP contribution in [0.1, 0.15) is 26.7 Å². The van der Waals surface area contributed by atoms with Gasteiger partial charge in [0, 0.05) is 19.1 Å². The maximum absolute atomic E-state index is 5.59. The minimum absolute atomic E-state index is 0.316. The van der Waals surface area contributed by atoms with E-state index in [0.29, 0.717) is 12.1 Å². The summed E-state index contributed by atoms with van der Waals surface area (Å²) in [6, 6.07) is 0.692. The lowest BCUT2D eigenvalue weighted by molar-refractivity contribution is -0.197. The molecule has 0 saturated carbocycles. The average Bonchev–Trinajstić information content (AvgIpc) is 2.05. The summed E-state index contributed by atoms with van der Waals surface area (Å²) < 4.78 is 0. The largest absolute Gasteiger partial charge is 0.317 e. The van der Waals surface area contributed by atoms with Crippen LogP contribution in [0.4, 0.5) is 0 Å². The van der Waals surface area contributed by atoms with Crippen molar-refractivity contribution in [2.24, 2.45) is 0 Å². The third-order valence-corrected chi connectivity index (χ3v) is 2.22. The molecular formula is C9H20N2O. The Morgan fingerprint density at radius 3 is 2.33 bits per heavy atom. The van der Waals surface area contributed by atoms with Crippen molar-refractivity contribution in [3.8, 4) is 0 Å². The van der Waals surface area contributed by atoms with Crippen LogP contribution in [-0.4, -0.2) is 37.3 Å². The molecule has 12 heavy (non-hydrogen) atoms. The molecule has 1 fully saturated rings. The molecule has 3 nitrogen and oxygen atoms in total. The van der Waals surface area contributed by atoms with Crippen molar-refractivity contribution in [3.63, 3.8) is 0 Å². The maximum atomic E-state index is 5.59. The Bertz CT molecular complexity index is 120. The van der Waals surface area contributed by atoms with Gasteiger partial charge in [-0.1, -0.05) is 0 Å². The van der Waals surface area contributed by atoms with E-state index in [1.807, 2.05) is 7.05 Å². The first kappa shape index (κ1) is 9.96. The summed E-state index contributed by atoms with van der Waals surface area (Å²) in [6.07, 6.45) is 2.71. The van der Waals surface area contributed by atoms with E-state index in [1.165, 1.54) is 12.8 Å². The Morgan fingerprint density at radius 1 is 1.33 bits per heavy atom. The van der Waals surface area contributed by atoms with Gasteiger partial charge in [-0.3, -0.25) is 4.84 Å². The fraction of sp³-hybridized carbons (Fsp3) is 1.00. The summed E-state index contributed by atoms with van der Waals surface area (Å²) in [6.45, 7) is 6.27. The van der Waals surface area contributed by atoms with Crippen molar-refractivity contribution in [2.75, 3.05) is 20.1 Å². The van der Waals surface area contributed by atoms with Crippen LogP contribution in [0.15, 0.2) is 0 Å². The predicted octanol–water partition coefficient (Wildman–Crippen LogP) is 1.01. The summed E-state index contributed by atoms with van der Waals surface area (Å²) in [4.78, 5) is 5.59. The minimum Gasteiger partial charge on any atom is -0.317 e. The van der Waals surface area contributed by atoms with Gasteiger partial charge < -0.3 is 5.32 Å². The molecule has 0 unspecified atom stereocenters. The van der Waals surface area contributed by atoms with Crippen molar-refractivity contribution in [2.45, 2.75) is 38.8 Å². The molecule has 1 heterocycles. The second-order valence-corrected chi connectivity index (χ2v) is 3.65. The molecule has 0 aromatic rings. The summed E-state index contributed by atoms with van der Waals surface area (Å²) in [5, 5.41) is 5.38. The topological polar surface area (TPSA) is 24.5 Å². The molecule has 0 amide bonds. The number of nitrogens with zero attached hydrogens (tertiary/aromatic N) is 1. The lowest BCUT2D eigenvalue weighted by atomic mass is 10.1. The maximum Gasteiger partial charge on any atom is 0.0737 e. The van der Waals surface area contributed by atoms with Crippen LogP contribution in [0.25, 0.3) is 0 Å². The number of rotatable bonds is 3. The van der Waals surface area contributed by atoms with Crippen molar-refractivity contribution in [3.05, 3.63) is 0 Å². The fourth-order valence-corrected chi connectivity index (χ4v) is 1.55. The van der Waals surface area contributed by atoms with Crippen LogP contribution in [0.3, 0.4) is 0 Å². The number of nitrogens with one attached hydrogen (secondary N) is 1. The van der Waals surface area contributed by atoms with E-state index in [-0.39, 0.29) is 0 Å². The molecule has 0 bridgehead atoms. The quantitative estimate of drug-likeness (QED) is 0.687. The van der Waals surface area contributed by atoms with Gasteiger partial charge in [-0.25, -0.2) is 0 Å². The molecule has 0 spiro atoms. The van der Waals surface area contributed by atoms with E-state index in [9.17, 15) is 0 Å².